The summed E-state index contributed by atoms with van der Waals surface area (Å²) in [5.41, 5.74) is 10.7. The Bertz CT molecular complexity index is 581. The van der Waals surface area contributed by atoms with Gasteiger partial charge in [0.2, 0.25) is 0 Å². The number of anilines is 2. The summed E-state index contributed by atoms with van der Waals surface area (Å²) < 4.78 is 0. The van der Waals surface area contributed by atoms with Gasteiger partial charge in [0, 0.05) is 32.8 Å². The fraction of sp³-hybridized carbons (Fsp3) is 0. The van der Waals surface area contributed by atoms with Crippen molar-refractivity contribution in [1.29, 1.82) is 0 Å². The van der Waals surface area contributed by atoms with Crippen molar-refractivity contribution in [3.63, 3.8) is 0 Å². The molecular weight excluding hydrogens is 371 g/mol. The van der Waals surface area contributed by atoms with Gasteiger partial charge in [0.05, 0.1) is 11.4 Å². The molecule has 2 heterocycles. The molecule has 2 rings (SSSR count). The van der Waals surface area contributed by atoms with Crippen molar-refractivity contribution >= 4 is 23.3 Å². The zero-order valence-corrected chi connectivity index (χ0v) is 12.1. The molecule has 21 heavy (non-hydrogen) atoms. The van der Waals surface area contributed by atoms with Crippen LogP contribution in [0.4, 0.5) is 11.4 Å². The van der Waals surface area contributed by atoms with Gasteiger partial charge in [-0.1, -0.05) is 0 Å². The van der Waals surface area contributed by atoms with Gasteiger partial charge in [0.25, 0.3) is 0 Å². The zero-order valence-electron chi connectivity index (χ0n) is 10.5. The van der Waals surface area contributed by atoms with Crippen LogP contribution < -0.4 is 11.5 Å². The van der Waals surface area contributed by atoms with Crippen molar-refractivity contribution in [2.45, 2.75) is 0 Å². The molecule has 0 aliphatic carbocycles. The second kappa shape index (κ2) is 8.63. The first kappa shape index (κ1) is 18.5. The summed E-state index contributed by atoms with van der Waals surface area (Å²) >= 11 is 0. The van der Waals surface area contributed by atoms with Crippen molar-refractivity contribution < 1.29 is 40.2 Å². The van der Waals surface area contributed by atoms with E-state index in [0.29, 0.717) is 0 Å². The summed E-state index contributed by atoms with van der Waals surface area (Å²) in [7, 11) is 0. The zero-order chi connectivity index (χ0) is 15.1. The van der Waals surface area contributed by atoms with E-state index in [-0.39, 0.29) is 43.2 Å². The number of aromatic carboxylic acids is 2. The average molecular weight is 383 g/mol. The molecule has 0 saturated carbocycles. The van der Waals surface area contributed by atoms with Crippen LogP contribution in [0, 0.1) is 0 Å². The van der Waals surface area contributed by atoms with Crippen molar-refractivity contribution in [1.82, 2.24) is 9.97 Å². The summed E-state index contributed by atoms with van der Waals surface area (Å²) in [5.74, 6) is -2.20. The minimum atomic E-state index is -1.10. The number of nitrogens with zero attached hydrogens (tertiary/aromatic N) is 2. The maximum Gasteiger partial charge on any atom is 0.356 e. The maximum atomic E-state index is 10.3. The second-order valence-electron chi connectivity index (χ2n) is 3.49. The van der Waals surface area contributed by atoms with Gasteiger partial charge in [-0.2, -0.15) is 0 Å². The average Bonchev–Trinajstić information content (AvgIpc) is 2.40. The largest absolute Gasteiger partial charge is 0.476 e. The number of carboxylic acid groups (broad SMARTS) is 2. The van der Waals surface area contributed by atoms with Crippen LogP contribution in [0.1, 0.15) is 21.0 Å². The fourth-order valence-corrected chi connectivity index (χ4v) is 1.19. The molecule has 0 bridgehead atoms. The van der Waals surface area contributed by atoms with Crippen LogP contribution in [0.3, 0.4) is 0 Å². The van der Waals surface area contributed by atoms with Crippen molar-refractivity contribution in [2.24, 2.45) is 0 Å². The van der Waals surface area contributed by atoms with Crippen LogP contribution in [0.2, 0.25) is 0 Å². The molecule has 114 valence electrons. The molecule has 0 fully saturated rings. The number of aromatic nitrogens is 2. The summed E-state index contributed by atoms with van der Waals surface area (Å²) in [6.07, 6.45) is 2.78. The van der Waals surface area contributed by atoms with Crippen molar-refractivity contribution in [2.75, 3.05) is 11.5 Å². The minimum absolute atomic E-state index is 0. The third kappa shape index (κ3) is 5.56. The van der Waals surface area contributed by atoms with Crippen LogP contribution in [0.25, 0.3) is 0 Å². The van der Waals surface area contributed by atoms with E-state index in [9.17, 15) is 9.59 Å². The first-order chi connectivity index (χ1) is 9.43. The molecule has 9 heteroatoms. The topological polar surface area (TPSA) is 152 Å². The van der Waals surface area contributed by atoms with Gasteiger partial charge < -0.3 is 21.7 Å². The van der Waals surface area contributed by atoms with Crippen LogP contribution in [0.5, 0.6) is 0 Å². The van der Waals surface area contributed by atoms with Gasteiger partial charge in [-0.3, -0.25) is 0 Å². The molecule has 2 aromatic rings. The predicted octanol–water partition coefficient (Wildman–Crippen LogP) is 0.722. The van der Waals surface area contributed by atoms with E-state index in [2.05, 4.69) is 9.97 Å². The summed E-state index contributed by atoms with van der Waals surface area (Å²) in [6.45, 7) is 0. The molecule has 0 spiro atoms. The Labute approximate surface area is 133 Å². The van der Waals surface area contributed by atoms with Gasteiger partial charge in [-0.15, -0.1) is 0 Å². The van der Waals surface area contributed by atoms with Gasteiger partial charge in [0.1, 0.15) is 0 Å². The number of hydrogen-bond acceptors (Lipinski definition) is 6. The van der Waals surface area contributed by atoms with Gasteiger partial charge >= 0.3 is 11.9 Å². The standard InChI is InChI=1S/2C6H6N2O2.Pd/c2*7-4-2-1-3-8-5(4)6(9)10;/h2*1-3H,7H2,(H,9,10);. The first-order valence-corrected chi connectivity index (χ1v) is 5.31. The van der Waals surface area contributed by atoms with E-state index in [1.54, 1.807) is 12.1 Å². The number of rotatable bonds is 2. The third-order valence-electron chi connectivity index (χ3n) is 2.08. The summed E-state index contributed by atoms with van der Waals surface area (Å²) in [4.78, 5) is 27.7. The van der Waals surface area contributed by atoms with Crippen LogP contribution >= 0.6 is 0 Å². The van der Waals surface area contributed by atoms with E-state index in [1.165, 1.54) is 24.5 Å². The second-order valence-corrected chi connectivity index (χ2v) is 3.49. The molecule has 6 N–H and O–H groups in total. The molecular formula is C12H12N4O4Pd. The van der Waals surface area contributed by atoms with E-state index in [1.807, 2.05) is 0 Å². The maximum absolute atomic E-state index is 10.3. The fourth-order valence-electron chi connectivity index (χ4n) is 1.19. The first-order valence-electron chi connectivity index (χ1n) is 5.31. The molecule has 0 saturated heterocycles. The van der Waals surface area contributed by atoms with E-state index >= 15 is 0 Å². The Morgan fingerprint density at radius 2 is 1.19 bits per heavy atom. The number of nitrogen functional groups attached to an aromatic ring is 2. The molecule has 0 radical (unpaired) electrons. The Hall–Kier alpha value is -2.50. The third-order valence-corrected chi connectivity index (χ3v) is 2.08. The Morgan fingerprint density at radius 3 is 1.38 bits per heavy atom. The van der Waals surface area contributed by atoms with E-state index in [0.717, 1.165) is 0 Å². The summed E-state index contributed by atoms with van der Waals surface area (Å²) in [5, 5.41) is 16.8. The Balaban J connectivity index is 0.000000364. The monoisotopic (exact) mass is 382 g/mol. The van der Waals surface area contributed by atoms with Crippen LogP contribution in [-0.2, 0) is 20.4 Å². The smallest absolute Gasteiger partial charge is 0.356 e. The minimum Gasteiger partial charge on any atom is -0.476 e. The normalized spacial score (nSPS) is 8.76. The predicted molar refractivity (Wildman–Crippen MR) is 71.2 cm³/mol. The molecule has 0 atom stereocenters. The SMILES string of the molecule is Nc1cccnc1C(=O)O.Nc1cccnc1C(=O)O.[Pd]. The molecule has 2 aromatic heterocycles. The number of pyridine rings is 2. The number of carboxylic acids is 2. The molecule has 0 aliphatic heterocycles. The molecule has 0 aromatic carbocycles. The van der Waals surface area contributed by atoms with Crippen molar-refractivity contribution in [3.8, 4) is 0 Å². The number of nitrogens with two attached hydrogens (primary N) is 2. The van der Waals surface area contributed by atoms with Gasteiger partial charge in [-0.05, 0) is 24.3 Å². The Kier molecular flexibility index (Phi) is 7.60. The Morgan fingerprint density at radius 1 is 0.857 bits per heavy atom. The number of hydrogen-bond donors (Lipinski definition) is 4. The quantitative estimate of drug-likeness (QED) is 0.554. The van der Waals surface area contributed by atoms with Crippen LogP contribution in [-0.4, -0.2) is 32.1 Å². The summed E-state index contributed by atoms with van der Waals surface area (Å²) in [6, 6.07) is 6.16. The molecule has 8 nitrogen and oxygen atoms in total. The molecule has 0 aliphatic rings. The molecule has 0 amide bonds. The van der Waals surface area contributed by atoms with E-state index in [4.69, 9.17) is 21.7 Å². The van der Waals surface area contributed by atoms with Gasteiger partial charge in [-0.25, -0.2) is 19.6 Å². The van der Waals surface area contributed by atoms with Gasteiger partial charge in [0.15, 0.2) is 11.4 Å². The van der Waals surface area contributed by atoms with E-state index < -0.39 is 11.9 Å². The molecule has 0 unspecified atom stereocenters. The number of carbonyl (C=O) groups is 2. The van der Waals surface area contributed by atoms with Crippen molar-refractivity contribution in [3.05, 3.63) is 48.0 Å². The van der Waals surface area contributed by atoms with Crippen LogP contribution in [0.15, 0.2) is 36.7 Å².